The Morgan fingerprint density at radius 3 is 2.58 bits per heavy atom. The van der Waals surface area contributed by atoms with Crippen molar-refractivity contribution in [2.24, 2.45) is 17.8 Å². The number of methoxy groups -OCH3 is 1. The maximum Gasteiger partial charge on any atom is 0.225 e. The molecule has 3 rings (SSSR count). The number of rotatable bonds is 8. The third-order valence-electron chi connectivity index (χ3n) is 6.72. The van der Waals surface area contributed by atoms with Crippen LogP contribution in [0.25, 0.3) is 0 Å². The van der Waals surface area contributed by atoms with Crippen molar-refractivity contribution in [2.45, 2.75) is 65.5 Å². The smallest absolute Gasteiger partial charge is 0.225 e. The molecule has 1 aromatic rings. The van der Waals surface area contributed by atoms with Gasteiger partial charge in [-0.15, -0.1) is 0 Å². The summed E-state index contributed by atoms with van der Waals surface area (Å²) in [6.07, 6.45) is 3.98. The van der Waals surface area contributed by atoms with Gasteiger partial charge in [-0.3, -0.25) is 9.69 Å². The molecule has 174 valence electrons. The van der Waals surface area contributed by atoms with Gasteiger partial charge in [0.2, 0.25) is 5.91 Å². The molecule has 0 spiro atoms. The number of para-hydroxylation sites is 1. The average Bonchev–Trinajstić information content (AvgIpc) is 2.73. The highest BCUT2D eigenvalue weighted by Crippen LogP contribution is 2.31. The number of hydrogen-bond acceptors (Lipinski definition) is 4. The molecule has 2 heterocycles. The standard InChI is InChI=1S/C26H42N2O3/c1-20(2)17-28(25(29)22-12-15-31-26(3,4)16-22)18-21-10-13-27(14-11-21)19-23-8-6-7-9-24(23)30-5/h6-9,20-22H,10-19H2,1-5H3/t22-/m0/s1. The van der Waals surface area contributed by atoms with Crippen LogP contribution in [-0.4, -0.2) is 61.2 Å². The molecule has 0 N–H and O–H groups in total. The topological polar surface area (TPSA) is 42.0 Å². The molecule has 5 heteroatoms. The van der Waals surface area contributed by atoms with E-state index in [1.54, 1.807) is 7.11 Å². The Labute approximate surface area is 189 Å². The van der Waals surface area contributed by atoms with E-state index in [0.29, 0.717) is 24.3 Å². The number of carbonyl (C=O) groups excluding carboxylic acids is 1. The maximum absolute atomic E-state index is 13.4. The van der Waals surface area contributed by atoms with E-state index in [1.165, 1.54) is 5.56 Å². The lowest BCUT2D eigenvalue weighted by atomic mass is 9.86. The van der Waals surface area contributed by atoms with Crippen LogP contribution in [0.3, 0.4) is 0 Å². The lowest BCUT2D eigenvalue weighted by Crippen LogP contribution is -2.47. The van der Waals surface area contributed by atoms with Gasteiger partial charge >= 0.3 is 0 Å². The molecule has 2 saturated heterocycles. The molecule has 0 saturated carbocycles. The fourth-order valence-corrected chi connectivity index (χ4v) is 5.11. The van der Waals surface area contributed by atoms with Crippen molar-refractivity contribution in [2.75, 3.05) is 39.9 Å². The summed E-state index contributed by atoms with van der Waals surface area (Å²) in [5.74, 6) is 2.50. The Hall–Kier alpha value is -1.59. The summed E-state index contributed by atoms with van der Waals surface area (Å²) in [6, 6.07) is 8.30. The highest BCUT2D eigenvalue weighted by molar-refractivity contribution is 5.79. The highest BCUT2D eigenvalue weighted by atomic mass is 16.5. The zero-order chi connectivity index (χ0) is 22.4. The molecule has 2 aliphatic heterocycles. The third kappa shape index (κ3) is 6.95. The minimum atomic E-state index is -0.189. The van der Waals surface area contributed by atoms with Gasteiger partial charge in [0.15, 0.2) is 0 Å². The largest absolute Gasteiger partial charge is 0.496 e. The van der Waals surface area contributed by atoms with Gasteiger partial charge < -0.3 is 14.4 Å². The fourth-order valence-electron chi connectivity index (χ4n) is 5.11. The van der Waals surface area contributed by atoms with Crippen molar-refractivity contribution in [1.82, 2.24) is 9.80 Å². The number of hydrogen-bond donors (Lipinski definition) is 0. The van der Waals surface area contributed by atoms with Crippen LogP contribution in [0.15, 0.2) is 24.3 Å². The Morgan fingerprint density at radius 1 is 1.23 bits per heavy atom. The van der Waals surface area contributed by atoms with Gasteiger partial charge in [-0.2, -0.15) is 0 Å². The van der Waals surface area contributed by atoms with Crippen LogP contribution in [0.5, 0.6) is 5.75 Å². The van der Waals surface area contributed by atoms with E-state index in [1.807, 2.05) is 12.1 Å². The first-order valence-electron chi connectivity index (χ1n) is 12.0. The van der Waals surface area contributed by atoms with E-state index in [0.717, 1.165) is 64.2 Å². The first-order chi connectivity index (χ1) is 14.8. The lowest BCUT2D eigenvalue weighted by molar-refractivity contribution is -0.146. The van der Waals surface area contributed by atoms with Crippen LogP contribution in [0.4, 0.5) is 0 Å². The molecule has 5 nitrogen and oxygen atoms in total. The van der Waals surface area contributed by atoms with E-state index < -0.39 is 0 Å². The molecule has 0 bridgehead atoms. The molecule has 31 heavy (non-hydrogen) atoms. The molecular formula is C26H42N2O3. The second-order valence-electron chi connectivity index (χ2n) is 10.5. The van der Waals surface area contributed by atoms with Gasteiger partial charge in [0, 0.05) is 37.7 Å². The fraction of sp³-hybridized carbons (Fsp3) is 0.731. The van der Waals surface area contributed by atoms with Crippen molar-refractivity contribution >= 4 is 5.91 Å². The molecule has 0 radical (unpaired) electrons. The number of likely N-dealkylation sites (tertiary alicyclic amines) is 1. The maximum atomic E-state index is 13.4. The molecule has 0 unspecified atom stereocenters. The second-order valence-corrected chi connectivity index (χ2v) is 10.5. The Morgan fingerprint density at radius 2 is 1.94 bits per heavy atom. The number of piperidine rings is 1. The monoisotopic (exact) mass is 430 g/mol. The Bertz CT molecular complexity index is 710. The number of amides is 1. The summed E-state index contributed by atoms with van der Waals surface area (Å²) in [5, 5.41) is 0. The molecule has 0 aliphatic carbocycles. The second kappa shape index (κ2) is 10.8. The van der Waals surface area contributed by atoms with Gasteiger partial charge in [0.1, 0.15) is 5.75 Å². The minimum absolute atomic E-state index is 0.105. The van der Waals surface area contributed by atoms with E-state index in [-0.39, 0.29) is 11.5 Å². The van der Waals surface area contributed by atoms with E-state index in [9.17, 15) is 4.79 Å². The number of ether oxygens (including phenoxy) is 2. The molecule has 0 aromatic heterocycles. The third-order valence-corrected chi connectivity index (χ3v) is 6.72. The summed E-state index contributed by atoms with van der Waals surface area (Å²) in [6.45, 7) is 14.2. The molecule has 1 aromatic carbocycles. The van der Waals surface area contributed by atoms with E-state index >= 15 is 0 Å². The zero-order valence-corrected chi connectivity index (χ0v) is 20.2. The summed E-state index contributed by atoms with van der Waals surface area (Å²) >= 11 is 0. The van der Waals surface area contributed by atoms with Crippen molar-refractivity contribution in [3.05, 3.63) is 29.8 Å². The van der Waals surface area contributed by atoms with Crippen molar-refractivity contribution in [3.8, 4) is 5.75 Å². The summed E-state index contributed by atoms with van der Waals surface area (Å²) < 4.78 is 11.4. The van der Waals surface area contributed by atoms with Crippen LogP contribution in [-0.2, 0) is 16.1 Å². The molecule has 2 fully saturated rings. The van der Waals surface area contributed by atoms with Gasteiger partial charge in [-0.05, 0) is 70.5 Å². The predicted octanol–water partition coefficient (Wildman–Crippen LogP) is 4.60. The number of benzene rings is 1. The molecular weight excluding hydrogens is 388 g/mol. The lowest BCUT2D eigenvalue weighted by Gasteiger charge is -2.39. The van der Waals surface area contributed by atoms with Crippen LogP contribution in [0.1, 0.15) is 58.9 Å². The normalized spacial score (nSPS) is 22.5. The van der Waals surface area contributed by atoms with Crippen molar-refractivity contribution < 1.29 is 14.3 Å². The zero-order valence-electron chi connectivity index (χ0n) is 20.2. The van der Waals surface area contributed by atoms with Crippen LogP contribution in [0.2, 0.25) is 0 Å². The van der Waals surface area contributed by atoms with E-state index in [2.05, 4.69) is 49.6 Å². The van der Waals surface area contributed by atoms with Crippen molar-refractivity contribution in [3.63, 3.8) is 0 Å². The summed E-state index contributed by atoms with van der Waals surface area (Å²) in [4.78, 5) is 18.1. The Balaban J connectivity index is 1.55. The number of nitrogens with zero attached hydrogens (tertiary/aromatic N) is 2. The van der Waals surface area contributed by atoms with Gasteiger partial charge in [-0.25, -0.2) is 0 Å². The van der Waals surface area contributed by atoms with E-state index in [4.69, 9.17) is 9.47 Å². The van der Waals surface area contributed by atoms with Gasteiger partial charge in [-0.1, -0.05) is 32.0 Å². The quantitative estimate of drug-likeness (QED) is 0.605. The SMILES string of the molecule is COc1ccccc1CN1CCC(CN(CC(C)C)C(=O)[C@H]2CCOC(C)(C)C2)CC1. The number of carbonyl (C=O) groups is 1. The average molecular weight is 431 g/mol. The predicted molar refractivity (Wildman–Crippen MR) is 125 cm³/mol. The molecule has 2 aliphatic rings. The molecule has 1 amide bonds. The highest BCUT2D eigenvalue weighted by Gasteiger charge is 2.36. The van der Waals surface area contributed by atoms with Crippen LogP contribution < -0.4 is 4.74 Å². The van der Waals surface area contributed by atoms with Crippen LogP contribution >= 0.6 is 0 Å². The summed E-state index contributed by atoms with van der Waals surface area (Å²) in [5.41, 5.74) is 1.06. The van der Waals surface area contributed by atoms with Crippen LogP contribution in [0, 0.1) is 17.8 Å². The molecule has 1 atom stereocenters. The first kappa shape index (κ1) is 24.1. The Kier molecular flexibility index (Phi) is 8.40. The first-order valence-corrected chi connectivity index (χ1v) is 12.0. The van der Waals surface area contributed by atoms with Gasteiger partial charge in [0.25, 0.3) is 0 Å². The van der Waals surface area contributed by atoms with Gasteiger partial charge in [0.05, 0.1) is 12.7 Å². The van der Waals surface area contributed by atoms with Crippen molar-refractivity contribution in [1.29, 1.82) is 0 Å². The minimum Gasteiger partial charge on any atom is -0.496 e. The summed E-state index contributed by atoms with van der Waals surface area (Å²) in [7, 11) is 1.74.